The van der Waals surface area contributed by atoms with E-state index in [1.807, 2.05) is 0 Å². The molecular formula is C16H14ClFO3. The van der Waals surface area contributed by atoms with Gasteiger partial charge in [-0.1, -0.05) is 23.7 Å². The summed E-state index contributed by atoms with van der Waals surface area (Å²) >= 11 is 5.94. The Morgan fingerprint density at radius 1 is 1.10 bits per heavy atom. The first kappa shape index (κ1) is 15.3. The van der Waals surface area contributed by atoms with E-state index in [9.17, 15) is 9.18 Å². The lowest BCUT2D eigenvalue weighted by molar-refractivity contribution is -0.149. The number of esters is 1. The molecular weight excluding hydrogens is 295 g/mol. The molecule has 0 aromatic heterocycles. The summed E-state index contributed by atoms with van der Waals surface area (Å²) in [5.74, 6) is -0.337. The first-order valence-electron chi connectivity index (χ1n) is 6.30. The van der Waals surface area contributed by atoms with Crippen LogP contribution in [0.15, 0.2) is 48.5 Å². The van der Waals surface area contributed by atoms with Gasteiger partial charge in [0.2, 0.25) is 5.60 Å². The summed E-state index contributed by atoms with van der Waals surface area (Å²) in [6, 6.07) is 12.1. The van der Waals surface area contributed by atoms with Crippen LogP contribution in [-0.2, 0) is 4.79 Å². The SMILES string of the molecule is CC(C)(Oc1ccc(F)cc1)C(=O)Oc1ccccc1Cl. The Labute approximate surface area is 127 Å². The standard InChI is InChI=1S/C16H14ClFO3/c1-16(2,21-12-9-7-11(18)8-10-12)15(19)20-14-6-4-3-5-13(14)17/h3-10H,1-2H3. The van der Waals surface area contributed by atoms with E-state index in [1.165, 1.54) is 24.3 Å². The third kappa shape index (κ3) is 3.95. The lowest BCUT2D eigenvalue weighted by Crippen LogP contribution is -2.41. The van der Waals surface area contributed by atoms with Crippen LogP contribution in [-0.4, -0.2) is 11.6 Å². The fraction of sp³-hybridized carbons (Fsp3) is 0.188. The van der Waals surface area contributed by atoms with Crippen molar-refractivity contribution in [1.29, 1.82) is 0 Å². The predicted octanol–water partition coefficient (Wildman–Crippen LogP) is 4.24. The lowest BCUT2D eigenvalue weighted by Gasteiger charge is -2.24. The minimum atomic E-state index is -1.24. The number of carbonyl (C=O) groups is 1. The zero-order valence-corrected chi connectivity index (χ0v) is 12.4. The van der Waals surface area contributed by atoms with Crippen LogP contribution in [0.4, 0.5) is 4.39 Å². The van der Waals surface area contributed by atoms with Gasteiger partial charge in [0, 0.05) is 0 Å². The predicted molar refractivity (Wildman–Crippen MR) is 78.2 cm³/mol. The molecule has 0 spiro atoms. The van der Waals surface area contributed by atoms with Gasteiger partial charge < -0.3 is 9.47 Å². The number of carbonyl (C=O) groups excluding carboxylic acids is 1. The number of para-hydroxylation sites is 1. The van der Waals surface area contributed by atoms with Crippen molar-refractivity contribution in [1.82, 2.24) is 0 Å². The van der Waals surface area contributed by atoms with E-state index in [0.717, 1.165) is 0 Å². The first-order chi connectivity index (χ1) is 9.88. The normalized spacial score (nSPS) is 11.0. The molecule has 5 heteroatoms. The van der Waals surface area contributed by atoms with Gasteiger partial charge in [-0.3, -0.25) is 0 Å². The van der Waals surface area contributed by atoms with Crippen molar-refractivity contribution in [3.63, 3.8) is 0 Å². The average molecular weight is 309 g/mol. The van der Waals surface area contributed by atoms with Crippen LogP contribution in [0.2, 0.25) is 5.02 Å². The van der Waals surface area contributed by atoms with Crippen LogP contribution in [0, 0.1) is 5.82 Å². The second kappa shape index (κ2) is 6.14. The molecule has 2 rings (SSSR count). The molecule has 0 atom stereocenters. The zero-order valence-electron chi connectivity index (χ0n) is 11.6. The number of benzene rings is 2. The lowest BCUT2D eigenvalue weighted by atomic mass is 10.1. The molecule has 110 valence electrons. The summed E-state index contributed by atoms with van der Waals surface area (Å²) < 4.78 is 23.6. The molecule has 0 heterocycles. The molecule has 0 unspecified atom stereocenters. The Morgan fingerprint density at radius 2 is 1.71 bits per heavy atom. The van der Waals surface area contributed by atoms with E-state index in [0.29, 0.717) is 10.8 Å². The summed E-state index contributed by atoms with van der Waals surface area (Å²) in [5, 5.41) is 0.337. The first-order valence-corrected chi connectivity index (χ1v) is 6.68. The van der Waals surface area contributed by atoms with Crippen LogP contribution in [0.1, 0.15) is 13.8 Å². The van der Waals surface area contributed by atoms with Crippen LogP contribution >= 0.6 is 11.6 Å². The summed E-state index contributed by atoms with van der Waals surface area (Å²) in [5.41, 5.74) is -1.24. The Kier molecular flexibility index (Phi) is 4.48. The highest BCUT2D eigenvalue weighted by Gasteiger charge is 2.32. The Bertz CT molecular complexity index is 638. The summed E-state index contributed by atoms with van der Waals surface area (Å²) in [7, 11) is 0. The van der Waals surface area contributed by atoms with Gasteiger partial charge in [-0.2, -0.15) is 0 Å². The number of hydrogen-bond donors (Lipinski definition) is 0. The number of hydrogen-bond acceptors (Lipinski definition) is 3. The fourth-order valence-electron chi connectivity index (χ4n) is 1.59. The largest absolute Gasteiger partial charge is 0.476 e. The van der Waals surface area contributed by atoms with E-state index < -0.39 is 11.6 Å². The highest BCUT2D eigenvalue weighted by Crippen LogP contribution is 2.26. The highest BCUT2D eigenvalue weighted by atomic mass is 35.5. The van der Waals surface area contributed by atoms with Gasteiger partial charge >= 0.3 is 5.97 Å². The smallest absolute Gasteiger partial charge is 0.355 e. The number of halogens is 2. The van der Waals surface area contributed by atoms with Crippen molar-refractivity contribution in [3.05, 3.63) is 59.4 Å². The van der Waals surface area contributed by atoms with Gasteiger partial charge in [0.1, 0.15) is 17.3 Å². The molecule has 0 fully saturated rings. The molecule has 21 heavy (non-hydrogen) atoms. The Balaban J connectivity index is 2.10. The number of rotatable bonds is 4. The topological polar surface area (TPSA) is 35.5 Å². The molecule has 0 N–H and O–H groups in total. The number of ether oxygens (including phenoxy) is 2. The second-order valence-corrected chi connectivity index (χ2v) is 5.29. The van der Waals surface area contributed by atoms with E-state index in [4.69, 9.17) is 21.1 Å². The fourth-order valence-corrected chi connectivity index (χ4v) is 1.76. The van der Waals surface area contributed by atoms with Crippen molar-refractivity contribution < 1.29 is 18.7 Å². The molecule has 0 saturated carbocycles. The Morgan fingerprint density at radius 3 is 2.33 bits per heavy atom. The highest BCUT2D eigenvalue weighted by molar-refractivity contribution is 6.32. The zero-order chi connectivity index (χ0) is 15.5. The molecule has 0 saturated heterocycles. The van der Waals surface area contributed by atoms with Crippen LogP contribution in [0.25, 0.3) is 0 Å². The molecule has 0 bridgehead atoms. The van der Waals surface area contributed by atoms with Crippen molar-refractivity contribution in [2.24, 2.45) is 0 Å². The molecule has 0 amide bonds. The quantitative estimate of drug-likeness (QED) is 0.626. The summed E-state index contributed by atoms with van der Waals surface area (Å²) in [6.45, 7) is 3.13. The molecule has 3 nitrogen and oxygen atoms in total. The maximum atomic E-state index is 12.8. The van der Waals surface area contributed by atoms with Gasteiger partial charge in [-0.25, -0.2) is 9.18 Å². The molecule has 0 aliphatic carbocycles. The third-order valence-electron chi connectivity index (χ3n) is 2.72. The van der Waals surface area contributed by atoms with E-state index in [-0.39, 0.29) is 11.6 Å². The minimum Gasteiger partial charge on any atom is -0.476 e. The van der Waals surface area contributed by atoms with Gasteiger partial charge in [0.25, 0.3) is 0 Å². The molecule has 2 aromatic rings. The van der Waals surface area contributed by atoms with Crippen LogP contribution in [0.5, 0.6) is 11.5 Å². The van der Waals surface area contributed by atoms with Crippen molar-refractivity contribution in [2.45, 2.75) is 19.4 Å². The second-order valence-electron chi connectivity index (χ2n) is 4.89. The van der Waals surface area contributed by atoms with E-state index in [2.05, 4.69) is 0 Å². The van der Waals surface area contributed by atoms with E-state index in [1.54, 1.807) is 38.1 Å². The third-order valence-corrected chi connectivity index (χ3v) is 3.03. The Hall–Kier alpha value is -2.07. The average Bonchev–Trinajstić information content (AvgIpc) is 2.43. The van der Waals surface area contributed by atoms with Crippen LogP contribution in [0.3, 0.4) is 0 Å². The maximum absolute atomic E-state index is 12.8. The van der Waals surface area contributed by atoms with Gasteiger partial charge in [-0.15, -0.1) is 0 Å². The minimum absolute atomic E-state index is 0.264. The molecule has 0 aliphatic rings. The van der Waals surface area contributed by atoms with Gasteiger partial charge in [-0.05, 0) is 50.2 Å². The summed E-state index contributed by atoms with van der Waals surface area (Å²) in [4.78, 5) is 12.2. The summed E-state index contributed by atoms with van der Waals surface area (Å²) in [6.07, 6.45) is 0. The van der Waals surface area contributed by atoms with Crippen molar-refractivity contribution in [3.8, 4) is 11.5 Å². The van der Waals surface area contributed by atoms with Crippen LogP contribution < -0.4 is 9.47 Å². The van der Waals surface area contributed by atoms with Crippen molar-refractivity contribution >= 4 is 17.6 Å². The van der Waals surface area contributed by atoms with E-state index >= 15 is 0 Å². The molecule has 0 radical (unpaired) electrons. The molecule has 2 aromatic carbocycles. The van der Waals surface area contributed by atoms with Gasteiger partial charge in [0.15, 0.2) is 0 Å². The monoisotopic (exact) mass is 308 g/mol. The van der Waals surface area contributed by atoms with Gasteiger partial charge in [0.05, 0.1) is 5.02 Å². The maximum Gasteiger partial charge on any atom is 0.355 e. The van der Waals surface area contributed by atoms with Crippen molar-refractivity contribution in [2.75, 3.05) is 0 Å². The molecule has 0 aliphatic heterocycles.